The van der Waals surface area contributed by atoms with Crippen molar-refractivity contribution in [1.29, 1.82) is 0 Å². The van der Waals surface area contributed by atoms with Crippen molar-refractivity contribution in [2.45, 2.75) is 25.8 Å². The van der Waals surface area contributed by atoms with Gasteiger partial charge < -0.3 is 14.4 Å². The number of aryl methyl sites for hydroxylation is 2. The molecule has 1 amide bonds. The number of aromatic nitrogens is 2. The largest absolute Gasteiger partial charge is 0.479 e. The van der Waals surface area contributed by atoms with E-state index in [9.17, 15) is 14.7 Å². The monoisotopic (exact) mass is 303 g/mol. The Hall–Kier alpha value is -2.57. The molecule has 7 nitrogen and oxygen atoms in total. The fraction of sp³-hybridized carbons (Fsp3) is 0.400. The predicted molar refractivity (Wildman–Crippen MR) is 76.4 cm³/mol. The molecule has 1 atom stereocenters. The number of carbonyl (C=O) groups is 2. The van der Waals surface area contributed by atoms with Crippen LogP contribution in [-0.2, 0) is 24.7 Å². The number of carbonyl (C=O) groups excluding carboxylic acids is 1. The first-order chi connectivity index (χ1) is 10.5. The molecule has 22 heavy (non-hydrogen) atoms. The van der Waals surface area contributed by atoms with E-state index in [2.05, 4.69) is 5.10 Å². The first-order valence-corrected chi connectivity index (χ1v) is 7.16. The molecule has 0 radical (unpaired) electrons. The Bertz CT molecular complexity index is 731. The third kappa shape index (κ3) is 2.18. The molecule has 0 aliphatic carbocycles. The summed E-state index contributed by atoms with van der Waals surface area (Å²) in [6.45, 7) is 2.26. The Kier molecular flexibility index (Phi) is 3.48. The van der Waals surface area contributed by atoms with E-state index in [-0.39, 0.29) is 5.91 Å². The highest BCUT2D eigenvalue weighted by Gasteiger charge is 2.38. The quantitative estimate of drug-likeness (QED) is 0.926. The molecule has 3 rings (SSSR count). The normalized spacial score (nSPS) is 17.4. The van der Waals surface area contributed by atoms with Crippen LogP contribution < -0.4 is 0 Å². The molecule has 0 bridgehead atoms. The number of nitrogens with zero attached hydrogens (tertiary/aromatic N) is 3. The van der Waals surface area contributed by atoms with Gasteiger partial charge in [0.2, 0.25) is 0 Å². The molecule has 3 heterocycles. The Morgan fingerprint density at radius 2 is 2.27 bits per heavy atom. The Morgan fingerprint density at radius 3 is 2.91 bits per heavy atom. The van der Waals surface area contributed by atoms with Crippen molar-refractivity contribution < 1.29 is 19.1 Å². The fourth-order valence-corrected chi connectivity index (χ4v) is 2.85. The lowest BCUT2D eigenvalue weighted by molar-refractivity contribution is -0.143. The predicted octanol–water partition coefficient (Wildman–Crippen LogP) is 1.40. The number of carboxylic acids is 1. The highest BCUT2D eigenvalue weighted by Crippen LogP contribution is 2.32. The van der Waals surface area contributed by atoms with Gasteiger partial charge in [0.05, 0.1) is 12.0 Å². The first-order valence-electron chi connectivity index (χ1n) is 7.16. The molecule has 0 spiro atoms. The lowest BCUT2D eigenvalue weighted by Crippen LogP contribution is -2.43. The first kappa shape index (κ1) is 14.4. The summed E-state index contributed by atoms with van der Waals surface area (Å²) in [5, 5.41) is 13.8. The lowest BCUT2D eigenvalue weighted by atomic mass is 9.99. The van der Waals surface area contributed by atoms with Gasteiger partial charge in [-0.05, 0) is 18.6 Å². The van der Waals surface area contributed by atoms with Gasteiger partial charge in [-0.3, -0.25) is 9.48 Å². The minimum absolute atomic E-state index is 0.308. The van der Waals surface area contributed by atoms with E-state index in [1.54, 1.807) is 19.2 Å². The summed E-state index contributed by atoms with van der Waals surface area (Å²) in [5.41, 5.74) is 1.75. The van der Waals surface area contributed by atoms with Crippen LogP contribution in [0.1, 0.15) is 40.5 Å². The van der Waals surface area contributed by atoms with E-state index in [1.165, 1.54) is 15.8 Å². The van der Waals surface area contributed by atoms with Crippen molar-refractivity contribution in [3.8, 4) is 0 Å². The van der Waals surface area contributed by atoms with E-state index in [0.29, 0.717) is 30.0 Å². The molecule has 116 valence electrons. The van der Waals surface area contributed by atoms with Crippen LogP contribution in [0.2, 0.25) is 0 Å². The maximum atomic E-state index is 12.8. The van der Waals surface area contributed by atoms with Crippen molar-refractivity contribution in [2.75, 3.05) is 6.54 Å². The van der Waals surface area contributed by atoms with Gasteiger partial charge in [-0.15, -0.1) is 0 Å². The van der Waals surface area contributed by atoms with Gasteiger partial charge in [-0.1, -0.05) is 6.92 Å². The molecule has 0 fully saturated rings. The molecule has 1 aliphatic rings. The van der Waals surface area contributed by atoms with Gasteiger partial charge in [0.1, 0.15) is 11.5 Å². The van der Waals surface area contributed by atoms with Gasteiger partial charge in [-0.25, -0.2) is 4.79 Å². The minimum atomic E-state index is -1.06. The number of furan rings is 1. The molecular formula is C15H17N3O4. The fourth-order valence-electron chi connectivity index (χ4n) is 2.85. The second-order valence-corrected chi connectivity index (χ2v) is 5.29. The summed E-state index contributed by atoms with van der Waals surface area (Å²) in [7, 11) is 1.69. The summed E-state index contributed by atoms with van der Waals surface area (Å²) in [6, 6.07) is 2.32. The molecule has 2 aromatic rings. The van der Waals surface area contributed by atoms with Crippen LogP contribution in [0.25, 0.3) is 0 Å². The number of rotatable bonds is 3. The molecule has 0 saturated carbocycles. The third-order valence-corrected chi connectivity index (χ3v) is 3.97. The third-order valence-electron chi connectivity index (χ3n) is 3.97. The van der Waals surface area contributed by atoms with Crippen LogP contribution in [0.4, 0.5) is 0 Å². The smallest absolute Gasteiger partial charge is 0.331 e. The zero-order valence-corrected chi connectivity index (χ0v) is 12.4. The van der Waals surface area contributed by atoms with Crippen LogP contribution in [0.5, 0.6) is 0 Å². The second kappa shape index (κ2) is 5.32. The summed E-state index contributed by atoms with van der Waals surface area (Å²) in [4.78, 5) is 25.8. The van der Waals surface area contributed by atoms with Crippen LogP contribution in [0, 0.1) is 0 Å². The van der Waals surface area contributed by atoms with Crippen LogP contribution in [0.3, 0.4) is 0 Å². The molecule has 1 aliphatic heterocycles. The van der Waals surface area contributed by atoms with E-state index < -0.39 is 12.0 Å². The molecule has 0 saturated heterocycles. The maximum Gasteiger partial charge on any atom is 0.331 e. The SMILES string of the molecule is CCc1cc(C(=O)N2CCc3occc3C2C(=O)O)n(C)n1. The van der Waals surface area contributed by atoms with E-state index in [4.69, 9.17) is 4.42 Å². The van der Waals surface area contributed by atoms with Crippen LogP contribution in [-0.4, -0.2) is 38.2 Å². The molecule has 0 aromatic carbocycles. The standard InChI is InChI=1S/C15H17N3O4/c1-3-9-8-11(17(2)16-9)14(19)18-6-4-12-10(5-7-22-12)13(18)15(20)21/h5,7-8,13H,3-4,6H2,1-2H3,(H,20,21). The van der Waals surface area contributed by atoms with Gasteiger partial charge in [0.25, 0.3) is 5.91 Å². The molecule has 1 N–H and O–H groups in total. The van der Waals surface area contributed by atoms with Crippen molar-refractivity contribution in [2.24, 2.45) is 7.05 Å². The van der Waals surface area contributed by atoms with Gasteiger partial charge in [0, 0.05) is 25.6 Å². The number of carboxylic acid groups (broad SMARTS) is 1. The number of aliphatic carboxylic acids is 1. The zero-order chi connectivity index (χ0) is 15.9. The summed E-state index contributed by atoms with van der Waals surface area (Å²) >= 11 is 0. The highest BCUT2D eigenvalue weighted by molar-refractivity contribution is 5.96. The van der Waals surface area contributed by atoms with Gasteiger partial charge in [0.15, 0.2) is 6.04 Å². The lowest BCUT2D eigenvalue weighted by Gasteiger charge is -2.32. The van der Waals surface area contributed by atoms with Crippen molar-refractivity contribution in [3.63, 3.8) is 0 Å². The summed E-state index contributed by atoms with van der Waals surface area (Å²) < 4.78 is 6.80. The van der Waals surface area contributed by atoms with Crippen molar-refractivity contribution in [1.82, 2.24) is 14.7 Å². The second-order valence-electron chi connectivity index (χ2n) is 5.29. The number of fused-ring (bicyclic) bond motifs is 1. The minimum Gasteiger partial charge on any atom is -0.479 e. The van der Waals surface area contributed by atoms with Gasteiger partial charge in [-0.2, -0.15) is 5.10 Å². The average Bonchev–Trinajstić information content (AvgIpc) is 3.10. The summed E-state index contributed by atoms with van der Waals surface area (Å²) in [5.74, 6) is -0.752. The Balaban J connectivity index is 1.98. The Labute approximate surface area is 127 Å². The van der Waals surface area contributed by atoms with E-state index >= 15 is 0 Å². The van der Waals surface area contributed by atoms with Crippen molar-refractivity contribution >= 4 is 11.9 Å². The molecule has 1 unspecified atom stereocenters. The number of amides is 1. The zero-order valence-electron chi connectivity index (χ0n) is 12.4. The maximum absolute atomic E-state index is 12.8. The van der Waals surface area contributed by atoms with E-state index in [0.717, 1.165) is 12.1 Å². The summed E-state index contributed by atoms with van der Waals surface area (Å²) in [6.07, 6.45) is 2.69. The topological polar surface area (TPSA) is 88.6 Å². The van der Waals surface area contributed by atoms with Crippen LogP contribution >= 0.6 is 0 Å². The Morgan fingerprint density at radius 1 is 1.50 bits per heavy atom. The molecular weight excluding hydrogens is 286 g/mol. The van der Waals surface area contributed by atoms with Gasteiger partial charge >= 0.3 is 5.97 Å². The highest BCUT2D eigenvalue weighted by atomic mass is 16.4. The van der Waals surface area contributed by atoms with Crippen molar-refractivity contribution in [3.05, 3.63) is 41.1 Å². The average molecular weight is 303 g/mol. The number of hydrogen-bond donors (Lipinski definition) is 1. The molecule has 7 heteroatoms. The number of hydrogen-bond acceptors (Lipinski definition) is 4. The molecule has 2 aromatic heterocycles. The van der Waals surface area contributed by atoms with Crippen LogP contribution in [0.15, 0.2) is 22.8 Å². The van der Waals surface area contributed by atoms with E-state index in [1.807, 2.05) is 6.92 Å².